The van der Waals surface area contributed by atoms with E-state index in [1.54, 1.807) is 6.92 Å². The molecule has 0 amide bonds. The van der Waals surface area contributed by atoms with Gasteiger partial charge in [-0.15, -0.1) is 0 Å². The summed E-state index contributed by atoms with van der Waals surface area (Å²) >= 11 is 0. The van der Waals surface area contributed by atoms with Gasteiger partial charge in [-0.25, -0.2) is 8.42 Å². The van der Waals surface area contributed by atoms with E-state index in [2.05, 4.69) is 0 Å². The Morgan fingerprint density at radius 1 is 1.45 bits per heavy atom. The highest BCUT2D eigenvalue weighted by atomic mass is 32.4. The van der Waals surface area contributed by atoms with Gasteiger partial charge in [-0.3, -0.25) is 4.55 Å². The van der Waals surface area contributed by atoms with Crippen LogP contribution in [-0.4, -0.2) is 21.6 Å². The Morgan fingerprint density at radius 3 is 2.18 bits per heavy atom. The van der Waals surface area contributed by atoms with Crippen molar-refractivity contribution >= 4 is 18.2 Å². The molecule has 3 nitrogen and oxygen atoms in total. The normalized spacial score (nSPS) is 15.6. The minimum absolute atomic E-state index is 0.856. The molecular formula is C6H14O3SSi. The SMILES string of the molecule is CCC(C)=C(C)[SiH2]S(=O)(=O)O. The maximum Gasteiger partial charge on any atom is 0.225 e. The molecule has 0 saturated carbocycles. The van der Waals surface area contributed by atoms with E-state index in [0.717, 1.165) is 17.2 Å². The summed E-state index contributed by atoms with van der Waals surface area (Å²) in [4.78, 5) is 0. The van der Waals surface area contributed by atoms with Crippen molar-refractivity contribution in [2.75, 3.05) is 0 Å². The van der Waals surface area contributed by atoms with E-state index >= 15 is 0 Å². The van der Waals surface area contributed by atoms with E-state index in [1.165, 1.54) is 0 Å². The molecule has 0 aliphatic carbocycles. The number of rotatable bonds is 3. The molecular weight excluding hydrogens is 180 g/mol. The zero-order valence-electron chi connectivity index (χ0n) is 7.09. The van der Waals surface area contributed by atoms with Gasteiger partial charge in [0.25, 0.3) is 0 Å². The molecule has 0 aromatic carbocycles. The monoisotopic (exact) mass is 194 g/mol. The van der Waals surface area contributed by atoms with Crippen molar-refractivity contribution in [1.82, 2.24) is 0 Å². The molecule has 0 saturated heterocycles. The van der Waals surface area contributed by atoms with Gasteiger partial charge in [-0.1, -0.05) is 17.7 Å². The van der Waals surface area contributed by atoms with Gasteiger partial charge in [0.1, 0.15) is 0 Å². The van der Waals surface area contributed by atoms with Crippen LogP contribution in [0.25, 0.3) is 0 Å². The highest BCUT2D eigenvalue weighted by molar-refractivity contribution is 8.11. The first-order chi connectivity index (χ1) is 4.87. The van der Waals surface area contributed by atoms with Gasteiger partial charge in [0.2, 0.25) is 18.2 Å². The number of hydrogen-bond acceptors (Lipinski definition) is 2. The molecule has 0 bridgehead atoms. The first kappa shape index (κ1) is 10.9. The summed E-state index contributed by atoms with van der Waals surface area (Å²) in [5.41, 5.74) is 1.08. The first-order valence-electron chi connectivity index (χ1n) is 3.47. The van der Waals surface area contributed by atoms with Crippen LogP contribution >= 0.6 is 0 Å². The van der Waals surface area contributed by atoms with Crippen molar-refractivity contribution in [3.05, 3.63) is 10.8 Å². The molecule has 0 rings (SSSR count). The van der Waals surface area contributed by atoms with Crippen LogP contribution in [0.15, 0.2) is 10.8 Å². The van der Waals surface area contributed by atoms with Crippen molar-refractivity contribution in [3.63, 3.8) is 0 Å². The highest BCUT2D eigenvalue weighted by Crippen LogP contribution is 2.06. The topological polar surface area (TPSA) is 54.4 Å². The van der Waals surface area contributed by atoms with Gasteiger partial charge in [-0.2, -0.15) is 0 Å². The Kier molecular flexibility index (Phi) is 3.99. The van der Waals surface area contributed by atoms with Crippen LogP contribution in [-0.2, 0) is 9.57 Å². The molecule has 0 spiro atoms. The lowest BCUT2D eigenvalue weighted by Crippen LogP contribution is -2.10. The van der Waals surface area contributed by atoms with Gasteiger partial charge in [0.05, 0.1) is 0 Å². The van der Waals surface area contributed by atoms with Gasteiger partial charge < -0.3 is 0 Å². The Bertz CT molecular complexity index is 253. The molecule has 5 heteroatoms. The van der Waals surface area contributed by atoms with Crippen molar-refractivity contribution in [3.8, 4) is 0 Å². The molecule has 0 aliphatic rings. The van der Waals surface area contributed by atoms with Gasteiger partial charge in [0.15, 0.2) is 0 Å². The summed E-state index contributed by atoms with van der Waals surface area (Å²) in [6, 6.07) is 0. The smallest absolute Gasteiger partial charge is 0.225 e. The third-order valence-electron chi connectivity index (χ3n) is 1.66. The van der Waals surface area contributed by atoms with Gasteiger partial charge in [0, 0.05) is 0 Å². The fraction of sp³-hybridized carbons (Fsp3) is 0.667. The standard InChI is InChI=1S/C6H14O3SSi/c1-4-5(2)6(3)11-10(7,8)9/h4,11H2,1-3H3,(H,7,8,9). The summed E-state index contributed by atoms with van der Waals surface area (Å²) in [5, 5.41) is 0.870. The lowest BCUT2D eigenvalue weighted by atomic mass is 10.2. The lowest BCUT2D eigenvalue weighted by molar-refractivity contribution is 0.500. The van der Waals surface area contributed by atoms with Gasteiger partial charge >= 0.3 is 0 Å². The molecule has 0 atom stereocenters. The fourth-order valence-corrected chi connectivity index (χ4v) is 4.12. The van der Waals surface area contributed by atoms with E-state index in [-0.39, 0.29) is 0 Å². The second-order valence-corrected chi connectivity index (χ2v) is 8.21. The van der Waals surface area contributed by atoms with Crippen LogP contribution in [0.3, 0.4) is 0 Å². The van der Waals surface area contributed by atoms with E-state index in [9.17, 15) is 8.42 Å². The molecule has 0 heterocycles. The molecule has 0 unspecified atom stereocenters. The average molecular weight is 194 g/mol. The second-order valence-electron chi connectivity index (χ2n) is 2.64. The zero-order valence-corrected chi connectivity index (χ0v) is 9.32. The van der Waals surface area contributed by atoms with E-state index in [0.29, 0.717) is 0 Å². The summed E-state index contributed by atoms with van der Waals surface area (Å²) in [6.45, 7) is 5.64. The fourth-order valence-electron chi connectivity index (χ4n) is 0.699. The molecule has 0 fully saturated rings. The third kappa shape index (κ3) is 5.17. The predicted molar refractivity (Wildman–Crippen MR) is 48.8 cm³/mol. The predicted octanol–water partition coefficient (Wildman–Crippen LogP) is 0.662. The lowest BCUT2D eigenvalue weighted by Gasteiger charge is -2.01. The Labute approximate surface area is 69.7 Å². The molecule has 1 N–H and O–H groups in total. The minimum Gasteiger partial charge on any atom is -0.292 e. The van der Waals surface area contributed by atoms with Crippen LogP contribution in [0.2, 0.25) is 0 Å². The molecule has 0 aliphatic heterocycles. The third-order valence-corrected chi connectivity index (χ3v) is 5.45. The van der Waals surface area contributed by atoms with Crippen LogP contribution in [0, 0.1) is 0 Å². The molecule has 0 aromatic rings. The number of hydrogen-bond donors (Lipinski definition) is 1. The number of allylic oxidation sites excluding steroid dienone is 2. The maximum atomic E-state index is 10.4. The molecule has 0 aromatic heterocycles. The summed E-state index contributed by atoms with van der Waals surface area (Å²) < 4.78 is 29.4. The maximum absolute atomic E-state index is 10.4. The van der Waals surface area contributed by atoms with Crippen molar-refractivity contribution in [2.45, 2.75) is 27.2 Å². The van der Waals surface area contributed by atoms with E-state index in [4.69, 9.17) is 4.55 Å². The minimum atomic E-state index is -3.70. The van der Waals surface area contributed by atoms with E-state index in [1.807, 2.05) is 13.8 Å². The summed E-state index contributed by atoms with van der Waals surface area (Å²) in [5.74, 6) is 0. The van der Waals surface area contributed by atoms with Crippen molar-refractivity contribution in [1.29, 1.82) is 0 Å². The van der Waals surface area contributed by atoms with Crippen LogP contribution in [0.4, 0.5) is 0 Å². The highest BCUT2D eigenvalue weighted by Gasteiger charge is 2.08. The second kappa shape index (κ2) is 4.03. The van der Waals surface area contributed by atoms with Crippen LogP contribution < -0.4 is 0 Å². The largest absolute Gasteiger partial charge is 0.292 e. The van der Waals surface area contributed by atoms with E-state index < -0.39 is 18.2 Å². The van der Waals surface area contributed by atoms with Crippen LogP contribution in [0.5, 0.6) is 0 Å². The Balaban J connectivity index is 4.42. The summed E-state index contributed by atoms with van der Waals surface area (Å²) in [7, 11) is -5.17. The Hall–Kier alpha value is -0.133. The molecule has 0 radical (unpaired) electrons. The van der Waals surface area contributed by atoms with Crippen molar-refractivity contribution < 1.29 is 13.0 Å². The summed E-state index contributed by atoms with van der Waals surface area (Å²) in [6.07, 6.45) is 0.856. The Morgan fingerprint density at radius 2 is 1.91 bits per heavy atom. The molecule has 11 heavy (non-hydrogen) atoms. The quantitative estimate of drug-likeness (QED) is 0.530. The zero-order chi connectivity index (χ0) is 9.07. The average Bonchev–Trinajstić information content (AvgIpc) is 1.82. The molecule has 66 valence electrons. The van der Waals surface area contributed by atoms with Gasteiger partial charge in [-0.05, 0) is 20.3 Å². The van der Waals surface area contributed by atoms with Crippen LogP contribution in [0.1, 0.15) is 27.2 Å². The van der Waals surface area contributed by atoms with Crippen molar-refractivity contribution in [2.24, 2.45) is 0 Å². The first-order valence-corrected chi connectivity index (χ1v) is 7.52.